The molecule has 1 atom stereocenters. The first-order chi connectivity index (χ1) is 6.16. The number of carbonyl (C=O) groups is 1. The Hall–Kier alpha value is -0.920. The molecule has 0 fully saturated rings. The third-order valence-corrected chi connectivity index (χ3v) is 1.17. The first-order valence-corrected chi connectivity index (χ1v) is 4.34. The van der Waals surface area contributed by atoms with E-state index in [0.29, 0.717) is 0 Å². The van der Waals surface area contributed by atoms with Gasteiger partial charge in [-0.15, -0.1) is 0 Å². The Balaban J connectivity index is 3.26. The van der Waals surface area contributed by atoms with Gasteiger partial charge in [-0.2, -0.15) is 4.21 Å². The molecule has 1 unspecified atom stereocenters. The van der Waals surface area contributed by atoms with Crippen molar-refractivity contribution in [2.45, 2.75) is 0 Å². The molecule has 0 aliphatic carbocycles. The second-order valence-electron chi connectivity index (χ2n) is 1.74. The maximum absolute atomic E-state index is 10.6. The summed E-state index contributed by atoms with van der Waals surface area (Å²) < 4.78 is 31.1. The minimum atomic E-state index is -2.33. The number of hydrogen-bond acceptors (Lipinski definition) is 5. The normalized spacial score (nSPS) is 11.8. The standard InChI is InChI=1S/C6H10O6S/c1-2-3-10-6(7)11-4-5-12-13(8)9/h2H,1,3-5H2,(H,8,9). The summed E-state index contributed by atoms with van der Waals surface area (Å²) >= 11 is -2.33. The molecule has 0 saturated heterocycles. The van der Waals surface area contributed by atoms with E-state index in [1.54, 1.807) is 0 Å². The molecule has 7 heteroatoms. The van der Waals surface area contributed by atoms with E-state index in [0.717, 1.165) is 0 Å². The molecule has 0 heterocycles. The lowest BCUT2D eigenvalue weighted by molar-refractivity contribution is 0.0536. The van der Waals surface area contributed by atoms with Crippen LogP contribution < -0.4 is 0 Å². The highest BCUT2D eigenvalue weighted by Crippen LogP contribution is 1.87. The number of carbonyl (C=O) groups excluding carboxylic acids is 1. The molecule has 6 nitrogen and oxygen atoms in total. The first-order valence-electron chi connectivity index (χ1n) is 3.31. The topological polar surface area (TPSA) is 82.1 Å². The van der Waals surface area contributed by atoms with Crippen molar-refractivity contribution in [3.05, 3.63) is 12.7 Å². The highest BCUT2D eigenvalue weighted by atomic mass is 32.2. The van der Waals surface area contributed by atoms with Crippen molar-refractivity contribution >= 4 is 17.5 Å². The van der Waals surface area contributed by atoms with Crippen LogP contribution >= 0.6 is 0 Å². The molecule has 0 radical (unpaired) electrons. The molecular formula is C6H10O6S. The van der Waals surface area contributed by atoms with E-state index >= 15 is 0 Å². The molecule has 1 N–H and O–H groups in total. The molecule has 76 valence electrons. The number of ether oxygens (including phenoxy) is 2. The third-order valence-electron chi connectivity index (χ3n) is 0.806. The van der Waals surface area contributed by atoms with Crippen molar-refractivity contribution < 1.29 is 27.2 Å². The molecule has 0 spiro atoms. The monoisotopic (exact) mass is 210 g/mol. The lowest BCUT2D eigenvalue weighted by atomic mass is 10.7. The van der Waals surface area contributed by atoms with E-state index in [1.165, 1.54) is 6.08 Å². The third kappa shape index (κ3) is 8.99. The molecule has 0 aromatic heterocycles. The Labute approximate surface area is 78.0 Å². The zero-order valence-electron chi connectivity index (χ0n) is 6.80. The van der Waals surface area contributed by atoms with Crippen molar-refractivity contribution in [3.63, 3.8) is 0 Å². The average Bonchev–Trinajstić information content (AvgIpc) is 2.08. The lowest BCUT2D eigenvalue weighted by Gasteiger charge is -2.02. The lowest BCUT2D eigenvalue weighted by Crippen LogP contribution is -2.12. The Bertz CT molecular complexity index is 192. The van der Waals surface area contributed by atoms with Crippen LogP contribution in [0.15, 0.2) is 12.7 Å². The minimum absolute atomic E-state index is 0.0611. The Morgan fingerprint density at radius 2 is 2.15 bits per heavy atom. The summed E-state index contributed by atoms with van der Waals surface area (Å²) in [4.78, 5) is 10.6. The van der Waals surface area contributed by atoms with Gasteiger partial charge in [0.25, 0.3) is 0 Å². The van der Waals surface area contributed by atoms with Gasteiger partial charge >= 0.3 is 17.5 Å². The SMILES string of the molecule is C=CCOC(=O)OCCOS(=O)O. The van der Waals surface area contributed by atoms with Gasteiger partial charge in [-0.25, -0.2) is 4.79 Å². The maximum atomic E-state index is 10.6. The Morgan fingerprint density at radius 3 is 2.69 bits per heavy atom. The largest absolute Gasteiger partial charge is 0.508 e. The van der Waals surface area contributed by atoms with Crippen LogP contribution in [0, 0.1) is 0 Å². The van der Waals surface area contributed by atoms with Gasteiger partial charge < -0.3 is 9.47 Å². The van der Waals surface area contributed by atoms with Crippen LogP contribution in [0.1, 0.15) is 0 Å². The van der Waals surface area contributed by atoms with E-state index in [9.17, 15) is 9.00 Å². The quantitative estimate of drug-likeness (QED) is 0.297. The van der Waals surface area contributed by atoms with Gasteiger partial charge in [0.1, 0.15) is 19.8 Å². The van der Waals surface area contributed by atoms with Crippen molar-refractivity contribution in [1.82, 2.24) is 0 Å². The molecule has 0 amide bonds. The predicted molar refractivity (Wildman–Crippen MR) is 44.2 cm³/mol. The fourth-order valence-electron chi connectivity index (χ4n) is 0.399. The van der Waals surface area contributed by atoms with Gasteiger partial charge in [-0.3, -0.25) is 8.74 Å². The van der Waals surface area contributed by atoms with E-state index in [1.807, 2.05) is 0 Å². The number of rotatable bonds is 6. The first kappa shape index (κ1) is 12.1. The average molecular weight is 210 g/mol. The van der Waals surface area contributed by atoms with E-state index in [4.69, 9.17) is 4.55 Å². The van der Waals surface area contributed by atoms with E-state index < -0.39 is 17.5 Å². The molecule has 0 aliphatic rings. The molecule has 0 aromatic rings. The Kier molecular flexibility index (Phi) is 7.17. The van der Waals surface area contributed by atoms with Crippen LogP contribution in [0.4, 0.5) is 4.79 Å². The summed E-state index contributed by atoms with van der Waals surface area (Å²) in [5, 5.41) is 0. The highest BCUT2D eigenvalue weighted by molar-refractivity contribution is 7.74. The summed E-state index contributed by atoms with van der Waals surface area (Å²) in [6, 6.07) is 0. The van der Waals surface area contributed by atoms with E-state index in [2.05, 4.69) is 20.2 Å². The summed E-state index contributed by atoms with van der Waals surface area (Å²) in [7, 11) is 0. The highest BCUT2D eigenvalue weighted by Gasteiger charge is 2.02. The number of hydrogen-bond donors (Lipinski definition) is 1. The second kappa shape index (κ2) is 7.71. The van der Waals surface area contributed by atoms with Crippen LogP contribution in [0.2, 0.25) is 0 Å². The molecule has 0 rings (SSSR count). The van der Waals surface area contributed by atoms with Gasteiger partial charge in [0.05, 0.1) is 0 Å². The molecule has 13 heavy (non-hydrogen) atoms. The van der Waals surface area contributed by atoms with Gasteiger partial charge in [-0.05, 0) is 0 Å². The van der Waals surface area contributed by atoms with Crippen LogP contribution in [0.25, 0.3) is 0 Å². The van der Waals surface area contributed by atoms with Crippen LogP contribution in [0.3, 0.4) is 0 Å². The summed E-state index contributed by atoms with van der Waals surface area (Å²) in [5.41, 5.74) is 0. The van der Waals surface area contributed by atoms with Crippen molar-refractivity contribution in [2.75, 3.05) is 19.8 Å². The van der Waals surface area contributed by atoms with Crippen molar-refractivity contribution in [2.24, 2.45) is 0 Å². The summed E-state index contributed by atoms with van der Waals surface area (Å²) in [6.45, 7) is 3.09. The zero-order chi connectivity index (χ0) is 10.1. The fourth-order valence-corrected chi connectivity index (χ4v) is 0.610. The van der Waals surface area contributed by atoms with Gasteiger partial charge in [0.2, 0.25) is 0 Å². The fraction of sp³-hybridized carbons (Fsp3) is 0.500. The van der Waals surface area contributed by atoms with Crippen LogP contribution in [-0.2, 0) is 25.0 Å². The van der Waals surface area contributed by atoms with Crippen LogP contribution in [0.5, 0.6) is 0 Å². The van der Waals surface area contributed by atoms with Crippen molar-refractivity contribution in [3.8, 4) is 0 Å². The second-order valence-corrected chi connectivity index (χ2v) is 2.41. The molecule has 0 saturated carbocycles. The molecular weight excluding hydrogens is 200 g/mol. The molecule has 0 bridgehead atoms. The molecule has 0 aromatic carbocycles. The van der Waals surface area contributed by atoms with E-state index in [-0.39, 0.29) is 19.8 Å². The maximum Gasteiger partial charge on any atom is 0.508 e. The van der Waals surface area contributed by atoms with Crippen LogP contribution in [-0.4, -0.2) is 34.7 Å². The predicted octanol–water partition coefficient (Wildman–Crippen LogP) is 0.479. The van der Waals surface area contributed by atoms with Gasteiger partial charge in [0.15, 0.2) is 0 Å². The Morgan fingerprint density at radius 1 is 1.46 bits per heavy atom. The smallest absolute Gasteiger partial charge is 0.432 e. The van der Waals surface area contributed by atoms with Gasteiger partial charge in [-0.1, -0.05) is 12.7 Å². The van der Waals surface area contributed by atoms with Gasteiger partial charge in [0, 0.05) is 0 Å². The molecule has 0 aliphatic heterocycles. The van der Waals surface area contributed by atoms with Crippen molar-refractivity contribution in [1.29, 1.82) is 0 Å². The summed E-state index contributed by atoms with van der Waals surface area (Å²) in [6.07, 6.45) is 0.521. The zero-order valence-corrected chi connectivity index (χ0v) is 7.62. The summed E-state index contributed by atoms with van der Waals surface area (Å²) in [5.74, 6) is 0. The minimum Gasteiger partial charge on any atom is -0.432 e.